The maximum absolute atomic E-state index is 6.85. The Bertz CT molecular complexity index is 3340. The second kappa shape index (κ2) is 9.74. The average molecular weight is 668 g/mol. The first-order chi connectivity index (χ1) is 25.5. The second-order valence-electron chi connectivity index (χ2n) is 14.5. The topological polar surface area (TPSA) is 57.0 Å². The van der Waals surface area contributed by atoms with E-state index in [2.05, 4.69) is 122 Å². The molecule has 0 amide bonds. The standard InChI is InChI=1S/C47H29N3O2/c1-47(2)35-17-6-3-12-26(35)29-22-23-30-27-13-4-9-20-38(27)50(44(30)42(29)47)46-43(48-36-18-7-8-19-37(36)49-46)32-16-11-15-31-34-25-40-33(24-41(34)52-45(31)32)28-14-5-10-21-39(28)51-40/h3-25H,1-2H3. The predicted octanol–water partition coefficient (Wildman–Crippen LogP) is 12.5. The van der Waals surface area contributed by atoms with Crippen molar-refractivity contribution in [3.63, 3.8) is 0 Å². The minimum atomic E-state index is -0.234. The van der Waals surface area contributed by atoms with E-state index in [-0.39, 0.29) is 5.41 Å². The first kappa shape index (κ1) is 28.0. The van der Waals surface area contributed by atoms with Gasteiger partial charge in [0.15, 0.2) is 5.82 Å². The number of para-hydroxylation sites is 5. The molecule has 0 bridgehead atoms. The number of nitrogens with zero attached hydrogens (tertiary/aromatic N) is 3. The van der Waals surface area contributed by atoms with Crippen molar-refractivity contribution in [2.45, 2.75) is 19.3 Å². The molecule has 12 rings (SSSR count). The van der Waals surface area contributed by atoms with Crippen molar-refractivity contribution in [1.29, 1.82) is 0 Å². The Balaban J connectivity index is 1.21. The maximum atomic E-state index is 6.85. The molecule has 5 nitrogen and oxygen atoms in total. The van der Waals surface area contributed by atoms with Crippen molar-refractivity contribution in [2.75, 3.05) is 0 Å². The van der Waals surface area contributed by atoms with Crippen LogP contribution in [-0.2, 0) is 5.41 Å². The minimum absolute atomic E-state index is 0.234. The zero-order chi connectivity index (χ0) is 34.3. The summed E-state index contributed by atoms with van der Waals surface area (Å²) in [4.78, 5) is 10.9. The van der Waals surface area contributed by atoms with Gasteiger partial charge in [-0.05, 0) is 64.7 Å². The molecule has 0 radical (unpaired) electrons. The van der Waals surface area contributed by atoms with Gasteiger partial charge in [-0.25, -0.2) is 9.97 Å². The number of aromatic nitrogens is 3. The molecular weight excluding hydrogens is 639 g/mol. The second-order valence-corrected chi connectivity index (χ2v) is 14.5. The van der Waals surface area contributed by atoms with Gasteiger partial charge in [0.05, 0.1) is 22.1 Å². The lowest BCUT2D eigenvalue weighted by molar-refractivity contribution is 0.663. The van der Waals surface area contributed by atoms with Crippen molar-refractivity contribution < 1.29 is 8.83 Å². The highest BCUT2D eigenvalue weighted by molar-refractivity contribution is 6.17. The summed E-state index contributed by atoms with van der Waals surface area (Å²) in [5.74, 6) is 0.776. The molecule has 52 heavy (non-hydrogen) atoms. The highest BCUT2D eigenvalue weighted by atomic mass is 16.3. The SMILES string of the molecule is CC1(C)c2ccccc2-c2ccc3c4ccccc4n(-c4nc5ccccc5nc4-c4cccc5c4oc4cc6c(cc45)oc4ccccc46)c3c21. The molecule has 4 aromatic heterocycles. The van der Waals surface area contributed by atoms with Gasteiger partial charge in [-0.2, -0.15) is 0 Å². The van der Waals surface area contributed by atoms with E-state index in [0.717, 1.165) is 83.0 Å². The van der Waals surface area contributed by atoms with E-state index in [0.29, 0.717) is 0 Å². The lowest BCUT2D eigenvalue weighted by Crippen LogP contribution is -2.17. The van der Waals surface area contributed by atoms with Crippen molar-refractivity contribution in [2.24, 2.45) is 0 Å². The lowest BCUT2D eigenvalue weighted by atomic mass is 9.81. The highest BCUT2D eigenvalue weighted by Gasteiger charge is 2.39. The molecular formula is C47H29N3O2. The summed E-state index contributed by atoms with van der Waals surface area (Å²) in [5, 5.41) is 6.52. The van der Waals surface area contributed by atoms with Crippen LogP contribution in [0.5, 0.6) is 0 Å². The molecule has 7 aromatic carbocycles. The molecule has 5 heteroatoms. The summed E-state index contributed by atoms with van der Waals surface area (Å²) >= 11 is 0. The van der Waals surface area contributed by atoms with Crippen LogP contribution in [0.4, 0.5) is 0 Å². The largest absolute Gasteiger partial charge is 0.456 e. The molecule has 244 valence electrons. The first-order valence-corrected chi connectivity index (χ1v) is 17.8. The van der Waals surface area contributed by atoms with Crippen LogP contribution in [0.2, 0.25) is 0 Å². The number of hydrogen-bond acceptors (Lipinski definition) is 4. The van der Waals surface area contributed by atoms with Gasteiger partial charge in [0, 0.05) is 43.3 Å². The summed E-state index contributed by atoms with van der Waals surface area (Å²) in [6.07, 6.45) is 0. The Hall–Kier alpha value is -6.72. The molecule has 0 spiro atoms. The van der Waals surface area contributed by atoms with Crippen molar-refractivity contribution in [1.82, 2.24) is 14.5 Å². The quantitative estimate of drug-likeness (QED) is 0.184. The lowest BCUT2D eigenvalue weighted by Gasteiger charge is -2.24. The van der Waals surface area contributed by atoms with Crippen molar-refractivity contribution in [3.8, 4) is 28.2 Å². The summed E-state index contributed by atoms with van der Waals surface area (Å²) in [5.41, 5.74) is 13.9. The molecule has 1 aliphatic rings. The Kier molecular flexibility index (Phi) is 5.25. The van der Waals surface area contributed by atoms with Gasteiger partial charge in [0.2, 0.25) is 0 Å². The van der Waals surface area contributed by atoms with Crippen LogP contribution in [0.15, 0.2) is 148 Å². The molecule has 0 aliphatic heterocycles. The summed E-state index contributed by atoms with van der Waals surface area (Å²) < 4.78 is 15.5. The zero-order valence-electron chi connectivity index (χ0n) is 28.4. The van der Waals surface area contributed by atoms with E-state index in [9.17, 15) is 0 Å². The summed E-state index contributed by atoms with van der Waals surface area (Å²) in [7, 11) is 0. The van der Waals surface area contributed by atoms with E-state index in [1.165, 1.54) is 33.0 Å². The van der Waals surface area contributed by atoms with Crippen LogP contribution in [0.3, 0.4) is 0 Å². The van der Waals surface area contributed by atoms with Crippen LogP contribution in [-0.4, -0.2) is 14.5 Å². The molecule has 0 unspecified atom stereocenters. The number of furan rings is 2. The van der Waals surface area contributed by atoms with E-state index in [1.807, 2.05) is 36.4 Å². The minimum Gasteiger partial charge on any atom is -0.456 e. The molecule has 0 saturated heterocycles. The van der Waals surface area contributed by atoms with Crippen LogP contribution in [0.25, 0.3) is 105 Å². The van der Waals surface area contributed by atoms with Gasteiger partial charge in [-0.15, -0.1) is 0 Å². The number of rotatable bonds is 2. The molecule has 0 fully saturated rings. The predicted molar refractivity (Wildman–Crippen MR) is 211 cm³/mol. The van der Waals surface area contributed by atoms with Crippen LogP contribution < -0.4 is 0 Å². The first-order valence-electron chi connectivity index (χ1n) is 17.8. The summed E-state index contributed by atoms with van der Waals surface area (Å²) in [6, 6.07) is 49.0. The fourth-order valence-corrected chi connectivity index (χ4v) is 9.06. The Morgan fingerprint density at radius 1 is 0.500 bits per heavy atom. The Morgan fingerprint density at radius 2 is 1.17 bits per heavy atom. The third-order valence-corrected chi connectivity index (χ3v) is 11.4. The monoisotopic (exact) mass is 667 g/mol. The third kappa shape index (κ3) is 3.52. The van der Waals surface area contributed by atoms with Gasteiger partial charge >= 0.3 is 0 Å². The molecule has 1 aliphatic carbocycles. The van der Waals surface area contributed by atoms with E-state index in [4.69, 9.17) is 18.8 Å². The van der Waals surface area contributed by atoms with Crippen LogP contribution >= 0.6 is 0 Å². The molecule has 0 saturated carbocycles. The Morgan fingerprint density at radius 3 is 2.06 bits per heavy atom. The van der Waals surface area contributed by atoms with E-state index < -0.39 is 0 Å². The third-order valence-electron chi connectivity index (χ3n) is 11.4. The number of hydrogen-bond donors (Lipinski definition) is 0. The van der Waals surface area contributed by atoms with Crippen LogP contribution in [0, 0.1) is 0 Å². The van der Waals surface area contributed by atoms with Gasteiger partial charge in [0.25, 0.3) is 0 Å². The van der Waals surface area contributed by atoms with Gasteiger partial charge in [-0.1, -0.05) is 111 Å². The Labute approximate surface area is 297 Å². The van der Waals surface area contributed by atoms with Crippen molar-refractivity contribution >= 4 is 76.7 Å². The fourth-order valence-electron chi connectivity index (χ4n) is 9.06. The van der Waals surface area contributed by atoms with Gasteiger partial charge in [0.1, 0.15) is 28.0 Å². The molecule has 11 aromatic rings. The molecule has 0 N–H and O–H groups in total. The van der Waals surface area contributed by atoms with Gasteiger partial charge < -0.3 is 8.83 Å². The smallest absolute Gasteiger partial charge is 0.165 e. The van der Waals surface area contributed by atoms with Crippen molar-refractivity contribution in [3.05, 3.63) is 151 Å². The van der Waals surface area contributed by atoms with Gasteiger partial charge in [-0.3, -0.25) is 4.57 Å². The molecule has 4 heterocycles. The molecule has 0 atom stereocenters. The van der Waals surface area contributed by atoms with Crippen LogP contribution in [0.1, 0.15) is 25.0 Å². The maximum Gasteiger partial charge on any atom is 0.165 e. The van der Waals surface area contributed by atoms with E-state index in [1.54, 1.807) is 0 Å². The fraction of sp³-hybridized carbons (Fsp3) is 0.0638. The van der Waals surface area contributed by atoms with E-state index >= 15 is 0 Å². The number of fused-ring (bicyclic) bond motifs is 14. The normalized spacial score (nSPS) is 13.7. The highest BCUT2D eigenvalue weighted by Crippen LogP contribution is 2.53. The average Bonchev–Trinajstić information content (AvgIpc) is 3.90. The number of benzene rings is 7. The summed E-state index contributed by atoms with van der Waals surface area (Å²) in [6.45, 7) is 4.70. The zero-order valence-corrected chi connectivity index (χ0v) is 28.4.